The quantitative estimate of drug-likeness (QED) is 0.829. The van der Waals surface area contributed by atoms with Crippen molar-refractivity contribution in [1.29, 1.82) is 0 Å². The summed E-state index contributed by atoms with van der Waals surface area (Å²) in [6.45, 7) is 2.90. The highest BCUT2D eigenvalue weighted by atomic mass is 15.3. The molecule has 1 aromatic heterocycles. The highest BCUT2D eigenvalue weighted by Crippen LogP contribution is 2.17. The fraction of sp³-hybridized carbons (Fsp3) is 0.333. The van der Waals surface area contributed by atoms with Crippen molar-refractivity contribution >= 4 is 0 Å². The smallest absolute Gasteiger partial charge is 0.138 e. The Hall–Kier alpha value is -1.68. The molecule has 16 heavy (non-hydrogen) atoms. The Morgan fingerprint density at radius 3 is 2.75 bits per heavy atom. The van der Waals surface area contributed by atoms with Crippen LogP contribution in [-0.2, 0) is 6.54 Å². The number of aromatic nitrogens is 3. The third-order valence-corrected chi connectivity index (χ3v) is 2.99. The van der Waals surface area contributed by atoms with Gasteiger partial charge in [0.25, 0.3) is 0 Å². The van der Waals surface area contributed by atoms with E-state index in [0.717, 1.165) is 25.5 Å². The van der Waals surface area contributed by atoms with Gasteiger partial charge in [-0.25, -0.2) is 0 Å². The molecule has 0 radical (unpaired) electrons. The summed E-state index contributed by atoms with van der Waals surface area (Å²) in [7, 11) is 0. The van der Waals surface area contributed by atoms with Crippen molar-refractivity contribution in [2.24, 2.45) is 0 Å². The minimum absolute atomic E-state index is 0.534. The predicted octanol–water partition coefficient (Wildman–Crippen LogP) is 1.01. The Balaban J connectivity index is 1.82. The lowest BCUT2D eigenvalue weighted by Gasteiger charge is -2.26. The normalized spacial score (nSPS) is 16.0. The van der Waals surface area contributed by atoms with Gasteiger partial charge in [-0.1, -0.05) is 30.3 Å². The Labute approximate surface area is 94.3 Å². The number of benzene rings is 1. The van der Waals surface area contributed by atoms with Crippen LogP contribution in [0.1, 0.15) is 17.3 Å². The molecule has 0 spiro atoms. The molecule has 2 aromatic rings. The Morgan fingerprint density at radius 2 is 2.06 bits per heavy atom. The molecule has 4 heteroatoms. The van der Waals surface area contributed by atoms with Gasteiger partial charge in [-0.15, -0.1) is 10.2 Å². The SMILES string of the molecule is c1ccc(Cn2cnnc2C2CNC2)cc1. The van der Waals surface area contributed by atoms with Crippen LogP contribution in [0.4, 0.5) is 0 Å². The van der Waals surface area contributed by atoms with Crippen molar-refractivity contribution in [2.45, 2.75) is 12.5 Å². The minimum Gasteiger partial charge on any atom is -0.315 e. The summed E-state index contributed by atoms with van der Waals surface area (Å²) in [5.74, 6) is 1.63. The molecule has 1 aliphatic heterocycles. The molecule has 4 nitrogen and oxygen atoms in total. The molecule has 0 bridgehead atoms. The molecule has 0 aliphatic carbocycles. The molecule has 2 heterocycles. The lowest BCUT2D eigenvalue weighted by Crippen LogP contribution is -2.41. The number of nitrogens with zero attached hydrogens (tertiary/aromatic N) is 3. The van der Waals surface area contributed by atoms with Crippen molar-refractivity contribution in [3.8, 4) is 0 Å². The molecule has 82 valence electrons. The van der Waals surface area contributed by atoms with Crippen molar-refractivity contribution in [3.63, 3.8) is 0 Å². The average Bonchev–Trinajstić information content (AvgIpc) is 2.66. The second-order valence-corrected chi connectivity index (χ2v) is 4.16. The fourth-order valence-electron chi connectivity index (χ4n) is 1.95. The van der Waals surface area contributed by atoms with Gasteiger partial charge in [-0.2, -0.15) is 0 Å². The summed E-state index contributed by atoms with van der Waals surface area (Å²) in [6, 6.07) is 10.4. The van der Waals surface area contributed by atoms with Crippen LogP contribution < -0.4 is 5.32 Å². The van der Waals surface area contributed by atoms with Crippen LogP contribution in [0.15, 0.2) is 36.7 Å². The van der Waals surface area contributed by atoms with Crippen LogP contribution in [0.3, 0.4) is 0 Å². The number of nitrogens with one attached hydrogen (secondary N) is 1. The van der Waals surface area contributed by atoms with Gasteiger partial charge in [0.2, 0.25) is 0 Å². The molecular formula is C12H14N4. The summed E-state index contributed by atoms with van der Waals surface area (Å²) in [6.07, 6.45) is 1.82. The van der Waals surface area contributed by atoms with Gasteiger partial charge in [-0.3, -0.25) is 0 Å². The maximum Gasteiger partial charge on any atom is 0.138 e. The van der Waals surface area contributed by atoms with E-state index in [1.807, 2.05) is 12.4 Å². The van der Waals surface area contributed by atoms with Gasteiger partial charge in [0.15, 0.2) is 0 Å². The van der Waals surface area contributed by atoms with E-state index in [1.54, 1.807) is 0 Å². The van der Waals surface area contributed by atoms with E-state index in [0.29, 0.717) is 5.92 Å². The zero-order chi connectivity index (χ0) is 10.8. The molecule has 0 saturated carbocycles. The fourth-order valence-corrected chi connectivity index (χ4v) is 1.95. The van der Waals surface area contributed by atoms with E-state index in [4.69, 9.17) is 0 Å². The maximum absolute atomic E-state index is 4.21. The second kappa shape index (κ2) is 4.06. The first-order chi connectivity index (χ1) is 7.93. The zero-order valence-electron chi connectivity index (χ0n) is 9.00. The van der Waals surface area contributed by atoms with Gasteiger partial charge in [-0.05, 0) is 5.56 Å². The van der Waals surface area contributed by atoms with E-state index < -0.39 is 0 Å². The van der Waals surface area contributed by atoms with Crippen molar-refractivity contribution in [1.82, 2.24) is 20.1 Å². The molecule has 0 atom stereocenters. The number of hydrogen-bond acceptors (Lipinski definition) is 3. The first-order valence-corrected chi connectivity index (χ1v) is 5.56. The van der Waals surface area contributed by atoms with Crippen molar-refractivity contribution < 1.29 is 0 Å². The molecule has 0 unspecified atom stereocenters. The molecule has 0 amide bonds. The molecule has 1 N–H and O–H groups in total. The standard InChI is InChI=1S/C12H14N4/c1-2-4-10(5-3-1)8-16-9-14-15-12(16)11-6-13-7-11/h1-5,9,11,13H,6-8H2. The first-order valence-electron chi connectivity index (χ1n) is 5.56. The summed E-state index contributed by atoms with van der Waals surface area (Å²) >= 11 is 0. The van der Waals surface area contributed by atoms with E-state index >= 15 is 0 Å². The third-order valence-electron chi connectivity index (χ3n) is 2.99. The Morgan fingerprint density at radius 1 is 1.25 bits per heavy atom. The molecule has 1 saturated heterocycles. The second-order valence-electron chi connectivity index (χ2n) is 4.16. The van der Waals surface area contributed by atoms with Crippen LogP contribution in [0, 0.1) is 0 Å². The van der Waals surface area contributed by atoms with E-state index in [-0.39, 0.29) is 0 Å². The van der Waals surface area contributed by atoms with Crippen LogP contribution in [0.2, 0.25) is 0 Å². The molecule has 1 aliphatic rings. The van der Waals surface area contributed by atoms with Crippen LogP contribution in [0.25, 0.3) is 0 Å². The Kier molecular flexibility index (Phi) is 2.42. The van der Waals surface area contributed by atoms with Gasteiger partial charge in [0.05, 0.1) is 6.54 Å². The largest absolute Gasteiger partial charge is 0.315 e. The van der Waals surface area contributed by atoms with Crippen LogP contribution in [-0.4, -0.2) is 27.9 Å². The third kappa shape index (κ3) is 1.72. The number of rotatable bonds is 3. The van der Waals surface area contributed by atoms with Crippen LogP contribution >= 0.6 is 0 Å². The molecule has 1 aromatic carbocycles. The van der Waals surface area contributed by atoms with Crippen molar-refractivity contribution in [2.75, 3.05) is 13.1 Å². The summed E-state index contributed by atoms with van der Waals surface area (Å²) < 4.78 is 2.14. The summed E-state index contributed by atoms with van der Waals surface area (Å²) in [5.41, 5.74) is 1.29. The topological polar surface area (TPSA) is 42.7 Å². The Bertz CT molecular complexity index is 459. The molecule has 3 rings (SSSR count). The first kappa shape index (κ1) is 9.54. The van der Waals surface area contributed by atoms with Gasteiger partial charge in [0.1, 0.15) is 12.2 Å². The van der Waals surface area contributed by atoms with Gasteiger partial charge in [0, 0.05) is 19.0 Å². The highest BCUT2D eigenvalue weighted by Gasteiger charge is 2.23. The zero-order valence-corrected chi connectivity index (χ0v) is 9.00. The highest BCUT2D eigenvalue weighted by molar-refractivity contribution is 5.16. The average molecular weight is 214 g/mol. The van der Waals surface area contributed by atoms with Crippen LogP contribution in [0.5, 0.6) is 0 Å². The van der Waals surface area contributed by atoms with Crippen molar-refractivity contribution in [3.05, 3.63) is 48.0 Å². The van der Waals surface area contributed by atoms with Gasteiger partial charge < -0.3 is 9.88 Å². The lowest BCUT2D eigenvalue weighted by atomic mass is 10.0. The summed E-state index contributed by atoms with van der Waals surface area (Å²) in [5, 5.41) is 11.5. The predicted molar refractivity (Wildman–Crippen MR) is 61.2 cm³/mol. The summed E-state index contributed by atoms with van der Waals surface area (Å²) in [4.78, 5) is 0. The maximum atomic E-state index is 4.21. The number of hydrogen-bond donors (Lipinski definition) is 1. The van der Waals surface area contributed by atoms with E-state index in [9.17, 15) is 0 Å². The lowest BCUT2D eigenvalue weighted by molar-refractivity contribution is 0.417. The minimum atomic E-state index is 0.534. The van der Waals surface area contributed by atoms with E-state index in [2.05, 4.69) is 44.3 Å². The van der Waals surface area contributed by atoms with E-state index in [1.165, 1.54) is 5.56 Å². The van der Waals surface area contributed by atoms with Gasteiger partial charge >= 0.3 is 0 Å². The molecule has 1 fully saturated rings. The molecular weight excluding hydrogens is 200 g/mol. The monoisotopic (exact) mass is 214 g/mol.